The van der Waals surface area contributed by atoms with Crippen molar-refractivity contribution in [2.45, 2.75) is 25.8 Å². The third kappa shape index (κ3) is 2.90. The van der Waals surface area contributed by atoms with Gasteiger partial charge in [-0.15, -0.1) is 0 Å². The number of carbonyl (C=O) groups is 1. The van der Waals surface area contributed by atoms with Gasteiger partial charge in [0, 0.05) is 5.56 Å². The molecule has 1 aromatic rings. The van der Waals surface area contributed by atoms with Gasteiger partial charge in [0.05, 0.1) is 17.0 Å². The van der Waals surface area contributed by atoms with Crippen LogP contribution in [-0.2, 0) is 9.84 Å². The SMILES string of the molecule is Cc1ccc(C(=O)N[C@]2(C)CCS(=O)(=O)C2)cc1. The fourth-order valence-corrected chi connectivity index (χ4v) is 4.25. The highest BCUT2D eigenvalue weighted by Gasteiger charge is 2.39. The smallest absolute Gasteiger partial charge is 0.251 e. The fraction of sp³-hybridized carbons (Fsp3) is 0.462. The molecule has 98 valence electrons. The average Bonchev–Trinajstić information content (AvgIpc) is 2.53. The van der Waals surface area contributed by atoms with Crippen molar-refractivity contribution in [2.24, 2.45) is 0 Å². The maximum atomic E-state index is 12.0. The molecule has 0 unspecified atom stereocenters. The van der Waals surface area contributed by atoms with E-state index in [0.717, 1.165) is 5.56 Å². The molecule has 1 aromatic carbocycles. The molecule has 1 atom stereocenters. The number of hydrogen-bond donors (Lipinski definition) is 1. The number of sulfone groups is 1. The minimum atomic E-state index is -3.00. The minimum Gasteiger partial charge on any atom is -0.346 e. The van der Waals surface area contributed by atoms with Crippen LogP contribution in [0, 0.1) is 6.92 Å². The molecule has 1 fully saturated rings. The van der Waals surface area contributed by atoms with E-state index in [1.807, 2.05) is 19.1 Å². The Morgan fingerprint density at radius 2 is 1.89 bits per heavy atom. The van der Waals surface area contributed by atoms with Crippen LogP contribution in [0.4, 0.5) is 0 Å². The van der Waals surface area contributed by atoms with Gasteiger partial charge in [0.1, 0.15) is 0 Å². The topological polar surface area (TPSA) is 63.2 Å². The predicted molar refractivity (Wildman–Crippen MR) is 70.3 cm³/mol. The summed E-state index contributed by atoms with van der Waals surface area (Å²) in [5.41, 5.74) is 1.01. The second-order valence-electron chi connectivity index (χ2n) is 5.22. The highest BCUT2D eigenvalue weighted by atomic mass is 32.2. The summed E-state index contributed by atoms with van der Waals surface area (Å²) < 4.78 is 22.9. The molecule has 5 heteroatoms. The molecule has 2 rings (SSSR count). The summed E-state index contributed by atoms with van der Waals surface area (Å²) in [6.07, 6.45) is 0.479. The van der Waals surface area contributed by atoms with Crippen molar-refractivity contribution in [1.29, 1.82) is 0 Å². The van der Waals surface area contributed by atoms with Crippen LogP contribution < -0.4 is 5.32 Å². The zero-order chi connectivity index (χ0) is 13.4. The molecule has 1 aliphatic heterocycles. The second kappa shape index (κ2) is 4.39. The molecular formula is C13H17NO3S. The Hall–Kier alpha value is -1.36. The van der Waals surface area contributed by atoms with Gasteiger partial charge in [-0.3, -0.25) is 4.79 Å². The normalized spacial score (nSPS) is 25.9. The van der Waals surface area contributed by atoms with Crippen molar-refractivity contribution in [3.05, 3.63) is 35.4 Å². The minimum absolute atomic E-state index is 0.0254. The van der Waals surface area contributed by atoms with E-state index in [-0.39, 0.29) is 17.4 Å². The largest absolute Gasteiger partial charge is 0.346 e. The number of rotatable bonds is 2. The average molecular weight is 267 g/mol. The highest BCUT2D eigenvalue weighted by molar-refractivity contribution is 7.91. The summed E-state index contributed by atoms with van der Waals surface area (Å²) in [4.78, 5) is 12.0. The van der Waals surface area contributed by atoms with Crippen molar-refractivity contribution in [3.8, 4) is 0 Å². The van der Waals surface area contributed by atoms with E-state index in [2.05, 4.69) is 5.32 Å². The number of hydrogen-bond acceptors (Lipinski definition) is 3. The third-order valence-corrected chi connectivity index (χ3v) is 5.14. The molecule has 0 radical (unpaired) electrons. The van der Waals surface area contributed by atoms with Crippen molar-refractivity contribution < 1.29 is 13.2 Å². The zero-order valence-corrected chi connectivity index (χ0v) is 11.4. The lowest BCUT2D eigenvalue weighted by atomic mass is 10.0. The van der Waals surface area contributed by atoms with Crippen LogP contribution in [0.3, 0.4) is 0 Å². The van der Waals surface area contributed by atoms with Crippen LogP contribution in [0.1, 0.15) is 29.3 Å². The van der Waals surface area contributed by atoms with Gasteiger partial charge in [-0.25, -0.2) is 8.42 Å². The van der Waals surface area contributed by atoms with E-state index in [4.69, 9.17) is 0 Å². The molecule has 1 aliphatic rings. The monoisotopic (exact) mass is 267 g/mol. The number of carbonyl (C=O) groups excluding carboxylic acids is 1. The van der Waals surface area contributed by atoms with Gasteiger partial charge in [-0.05, 0) is 32.4 Å². The molecule has 0 bridgehead atoms. The molecule has 0 saturated carbocycles. The number of nitrogens with one attached hydrogen (secondary N) is 1. The van der Waals surface area contributed by atoms with Crippen LogP contribution in [0.25, 0.3) is 0 Å². The Morgan fingerprint density at radius 3 is 2.39 bits per heavy atom. The predicted octanol–water partition coefficient (Wildman–Crippen LogP) is 1.30. The molecule has 1 N–H and O–H groups in total. The first-order valence-corrected chi connectivity index (χ1v) is 7.71. The van der Waals surface area contributed by atoms with Crippen LogP contribution in [0.2, 0.25) is 0 Å². The molecule has 0 spiro atoms. The molecule has 1 heterocycles. The standard InChI is InChI=1S/C13H17NO3S/c1-10-3-5-11(6-4-10)12(15)14-13(2)7-8-18(16,17)9-13/h3-6H,7-9H2,1-2H3,(H,14,15)/t13-/m1/s1. The summed E-state index contributed by atoms with van der Waals surface area (Å²) in [7, 11) is -3.00. The summed E-state index contributed by atoms with van der Waals surface area (Å²) >= 11 is 0. The lowest BCUT2D eigenvalue weighted by Gasteiger charge is -2.23. The number of aryl methyl sites for hydroxylation is 1. The van der Waals surface area contributed by atoms with Gasteiger partial charge in [0.15, 0.2) is 9.84 Å². The van der Waals surface area contributed by atoms with Crippen molar-refractivity contribution in [2.75, 3.05) is 11.5 Å². The fourth-order valence-electron chi connectivity index (χ4n) is 2.16. The molecular weight excluding hydrogens is 250 g/mol. The third-order valence-electron chi connectivity index (χ3n) is 3.23. The summed E-state index contributed by atoms with van der Waals surface area (Å²) in [5, 5.41) is 2.83. The van der Waals surface area contributed by atoms with Crippen LogP contribution in [0.5, 0.6) is 0 Å². The van der Waals surface area contributed by atoms with Crippen LogP contribution in [0.15, 0.2) is 24.3 Å². The molecule has 4 nitrogen and oxygen atoms in total. The summed E-state index contributed by atoms with van der Waals surface area (Å²) in [6, 6.07) is 7.22. The van der Waals surface area contributed by atoms with Gasteiger partial charge < -0.3 is 5.32 Å². The van der Waals surface area contributed by atoms with Crippen LogP contribution in [-0.4, -0.2) is 31.4 Å². The van der Waals surface area contributed by atoms with Gasteiger partial charge in [0.25, 0.3) is 5.91 Å². The van der Waals surface area contributed by atoms with E-state index < -0.39 is 15.4 Å². The second-order valence-corrected chi connectivity index (χ2v) is 7.41. The number of amides is 1. The van der Waals surface area contributed by atoms with Gasteiger partial charge in [-0.2, -0.15) is 0 Å². The first-order chi connectivity index (χ1) is 8.30. The Kier molecular flexibility index (Phi) is 3.19. The number of benzene rings is 1. The van der Waals surface area contributed by atoms with E-state index in [1.165, 1.54) is 0 Å². The quantitative estimate of drug-likeness (QED) is 0.878. The maximum absolute atomic E-state index is 12.0. The Labute approximate surface area is 107 Å². The lowest BCUT2D eigenvalue weighted by molar-refractivity contribution is 0.0915. The van der Waals surface area contributed by atoms with Crippen molar-refractivity contribution in [3.63, 3.8) is 0 Å². The summed E-state index contributed by atoms with van der Waals surface area (Å²) in [5.74, 6) is -0.0375. The Bertz CT molecular complexity index is 562. The molecule has 1 saturated heterocycles. The van der Waals surface area contributed by atoms with E-state index in [0.29, 0.717) is 12.0 Å². The van der Waals surface area contributed by atoms with Gasteiger partial charge in [0.2, 0.25) is 0 Å². The summed E-state index contributed by atoms with van der Waals surface area (Å²) in [6.45, 7) is 3.73. The Balaban J connectivity index is 2.10. The van der Waals surface area contributed by atoms with Crippen molar-refractivity contribution in [1.82, 2.24) is 5.32 Å². The van der Waals surface area contributed by atoms with Crippen LogP contribution >= 0.6 is 0 Å². The van der Waals surface area contributed by atoms with Gasteiger partial charge in [-0.1, -0.05) is 17.7 Å². The lowest BCUT2D eigenvalue weighted by Crippen LogP contribution is -2.46. The van der Waals surface area contributed by atoms with E-state index in [1.54, 1.807) is 19.1 Å². The van der Waals surface area contributed by atoms with Gasteiger partial charge >= 0.3 is 0 Å². The first-order valence-electron chi connectivity index (χ1n) is 5.89. The van der Waals surface area contributed by atoms with Crippen molar-refractivity contribution >= 4 is 15.7 Å². The molecule has 1 amide bonds. The molecule has 0 aliphatic carbocycles. The zero-order valence-electron chi connectivity index (χ0n) is 10.6. The maximum Gasteiger partial charge on any atom is 0.251 e. The first kappa shape index (κ1) is 13.1. The molecule has 18 heavy (non-hydrogen) atoms. The molecule has 0 aromatic heterocycles. The highest BCUT2D eigenvalue weighted by Crippen LogP contribution is 2.23. The van der Waals surface area contributed by atoms with E-state index in [9.17, 15) is 13.2 Å². The van der Waals surface area contributed by atoms with E-state index >= 15 is 0 Å². The Morgan fingerprint density at radius 1 is 1.28 bits per heavy atom.